The molecule has 2 heteroatoms. The third-order valence-corrected chi connectivity index (χ3v) is 1.69. The molecule has 12 heavy (non-hydrogen) atoms. The van der Waals surface area contributed by atoms with Crippen molar-refractivity contribution in [3.8, 4) is 11.1 Å². The van der Waals surface area contributed by atoms with E-state index in [0.29, 0.717) is 0 Å². The zero-order chi connectivity index (χ0) is 8.39. The first-order valence-electron chi connectivity index (χ1n) is 3.67. The summed E-state index contributed by atoms with van der Waals surface area (Å²) in [6, 6.07) is 9.46. The minimum atomic E-state index is 0.766. The number of furan rings is 1. The number of hydrogen-bond acceptors (Lipinski definition) is 2. The molecule has 0 amide bonds. The standard InChI is InChI=1S/C10H8NO/c11-10-3-1-8(2-4-10)9-5-6-12-7-9/h1-6H,11H2. The second-order valence-electron chi connectivity index (χ2n) is 2.56. The molecule has 2 aromatic rings. The van der Waals surface area contributed by atoms with E-state index in [9.17, 15) is 0 Å². The maximum absolute atomic E-state index is 5.55. The quantitative estimate of drug-likeness (QED) is 0.647. The molecule has 0 aliphatic carbocycles. The normalized spacial score (nSPS) is 10.0. The molecule has 2 N–H and O–H groups in total. The Morgan fingerprint density at radius 2 is 1.83 bits per heavy atom. The summed E-state index contributed by atoms with van der Waals surface area (Å²) in [4.78, 5) is 0. The zero-order valence-corrected chi connectivity index (χ0v) is 6.45. The highest BCUT2D eigenvalue weighted by molar-refractivity contribution is 5.63. The van der Waals surface area contributed by atoms with Crippen molar-refractivity contribution in [1.29, 1.82) is 0 Å². The van der Waals surface area contributed by atoms with Crippen LogP contribution in [0.4, 0.5) is 5.69 Å². The van der Waals surface area contributed by atoms with Gasteiger partial charge in [-0.2, -0.15) is 0 Å². The summed E-state index contributed by atoms with van der Waals surface area (Å²) in [7, 11) is 0. The van der Waals surface area contributed by atoms with Gasteiger partial charge in [-0.1, -0.05) is 12.1 Å². The summed E-state index contributed by atoms with van der Waals surface area (Å²) in [5, 5.41) is 0. The third-order valence-electron chi connectivity index (χ3n) is 1.69. The van der Waals surface area contributed by atoms with Crippen LogP contribution in [0.1, 0.15) is 0 Å². The Bertz CT molecular complexity index is 348. The average molecular weight is 158 g/mol. The van der Waals surface area contributed by atoms with Gasteiger partial charge in [0.05, 0.1) is 6.26 Å². The van der Waals surface area contributed by atoms with E-state index in [1.54, 1.807) is 6.26 Å². The summed E-state index contributed by atoms with van der Waals surface area (Å²) in [5.74, 6) is 0. The van der Waals surface area contributed by atoms with Crippen LogP contribution in [0.15, 0.2) is 41.0 Å². The van der Waals surface area contributed by atoms with Crippen LogP contribution < -0.4 is 5.73 Å². The van der Waals surface area contributed by atoms with Gasteiger partial charge >= 0.3 is 0 Å². The molecule has 0 aliphatic rings. The Kier molecular flexibility index (Phi) is 1.59. The van der Waals surface area contributed by atoms with E-state index in [1.807, 2.05) is 30.3 Å². The zero-order valence-electron chi connectivity index (χ0n) is 6.45. The summed E-state index contributed by atoms with van der Waals surface area (Å²) < 4.78 is 4.84. The molecule has 2 rings (SSSR count). The molecule has 1 heterocycles. The smallest absolute Gasteiger partial charge is 0.177 e. The first-order chi connectivity index (χ1) is 5.86. The van der Waals surface area contributed by atoms with Crippen molar-refractivity contribution >= 4 is 5.69 Å². The summed E-state index contributed by atoms with van der Waals surface area (Å²) in [6.45, 7) is 0. The lowest BCUT2D eigenvalue weighted by Gasteiger charge is -1.95. The number of nitrogens with two attached hydrogens (primary N) is 1. The van der Waals surface area contributed by atoms with Gasteiger partial charge < -0.3 is 10.2 Å². The highest BCUT2D eigenvalue weighted by Crippen LogP contribution is 2.19. The molecule has 1 aromatic heterocycles. The minimum absolute atomic E-state index is 0.766. The topological polar surface area (TPSA) is 39.2 Å². The molecule has 0 aliphatic heterocycles. The van der Waals surface area contributed by atoms with Crippen molar-refractivity contribution in [2.75, 3.05) is 5.73 Å². The maximum Gasteiger partial charge on any atom is 0.177 e. The maximum atomic E-state index is 5.55. The van der Waals surface area contributed by atoms with Gasteiger partial charge in [-0.3, -0.25) is 0 Å². The molecule has 0 saturated heterocycles. The molecule has 1 aromatic carbocycles. The fraction of sp³-hybridized carbons (Fsp3) is 0. The van der Waals surface area contributed by atoms with E-state index in [1.165, 1.54) is 0 Å². The largest absolute Gasteiger partial charge is 0.460 e. The molecule has 0 unspecified atom stereocenters. The van der Waals surface area contributed by atoms with E-state index < -0.39 is 0 Å². The Balaban J connectivity index is 2.43. The molecule has 2 nitrogen and oxygen atoms in total. The average Bonchev–Trinajstić information content (AvgIpc) is 2.58. The van der Waals surface area contributed by atoms with Gasteiger partial charge in [0.25, 0.3) is 0 Å². The van der Waals surface area contributed by atoms with Crippen molar-refractivity contribution < 1.29 is 4.42 Å². The first kappa shape index (κ1) is 6.98. The molecule has 0 saturated carbocycles. The number of hydrogen-bond donors (Lipinski definition) is 1. The van der Waals surface area contributed by atoms with Gasteiger partial charge in [0.1, 0.15) is 0 Å². The molecular weight excluding hydrogens is 150 g/mol. The predicted molar refractivity (Wildman–Crippen MR) is 47.4 cm³/mol. The van der Waals surface area contributed by atoms with E-state index in [0.717, 1.165) is 16.8 Å². The van der Waals surface area contributed by atoms with Crippen molar-refractivity contribution in [2.24, 2.45) is 0 Å². The Morgan fingerprint density at radius 3 is 2.42 bits per heavy atom. The summed E-state index contributed by atoms with van der Waals surface area (Å²) in [5.41, 5.74) is 8.33. The molecule has 59 valence electrons. The van der Waals surface area contributed by atoms with Crippen LogP contribution in [-0.2, 0) is 0 Å². The summed E-state index contributed by atoms with van der Waals surface area (Å²) in [6.07, 6.45) is 4.36. The fourth-order valence-corrected chi connectivity index (χ4v) is 1.05. The van der Waals surface area contributed by atoms with Crippen molar-refractivity contribution in [2.45, 2.75) is 0 Å². The van der Waals surface area contributed by atoms with Crippen LogP contribution in [0, 0.1) is 6.26 Å². The predicted octanol–water partition coefficient (Wildman–Crippen LogP) is 2.33. The van der Waals surface area contributed by atoms with Crippen LogP contribution in [0.5, 0.6) is 0 Å². The SMILES string of the molecule is Nc1ccc(-c2[c]occ2)cc1. The van der Waals surface area contributed by atoms with E-state index >= 15 is 0 Å². The van der Waals surface area contributed by atoms with Crippen molar-refractivity contribution in [1.82, 2.24) is 0 Å². The van der Waals surface area contributed by atoms with Crippen molar-refractivity contribution in [3.63, 3.8) is 0 Å². The second-order valence-corrected chi connectivity index (χ2v) is 2.56. The second kappa shape index (κ2) is 2.74. The molecule has 0 atom stereocenters. The van der Waals surface area contributed by atoms with Crippen LogP contribution >= 0.6 is 0 Å². The van der Waals surface area contributed by atoms with E-state index in [2.05, 4.69) is 6.26 Å². The van der Waals surface area contributed by atoms with Crippen LogP contribution in [0.3, 0.4) is 0 Å². The van der Waals surface area contributed by atoms with Crippen LogP contribution in [-0.4, -0.2) is 0 Å². The van der Waals surface area contributed by atoms with Gasteiger partial charge in [-0.25, -0.2) is 0 Å². The molecule has 1 radical (unpaired) electrons. The van der Waals surface area contributed by atoms with Crippen molar-refractivity contribution in [3.05, 3.63) is 42.9 Å². The Hall–Kier alpha value is -1.70. The lowest BCUT2D eigenvalue weighted by atomic mass is 10.1. The first-order valence-corrected chi connectivity index (χ1v) is 3.67. The molecule has 0 bridgehead atoms. The monoisotopic (exact) mass is 158 g/mol. The molecule has 0 fully saturated rings. The highest BCUT2D eigenvalue weighted by Gasteiger charge is 1.97. The molecular formula is C10H8NO. The van der Waals surface area contributed by atoms with Crippen LogP contribution in [0.25, 0.3) is 11.1 Å². The Morgan fingerprint density at radius 1 is 1.08 bits per heavy atom. The number of nitrogen functional groups attached to an aromatic ring is 1. The van der Waals surface area contributed by atoms with E-state index in [4.69, 9.17) is 10.2 Å². The summed E-state index contributed by atoms with van der Waals surface area (Å²) >= 11 is 0. The van der Waals surface area contributed by atoms with Gasteiger partial charge in [-0.15, -0.1) is 0 Å². The lowest BCUT2D eigenvalue weighted by Crippen LogP contribution is -1.82. The number of anilines is 1. The highest BCUT2D eigenvalue weighted by atomic mass is 16.3. The van der Waals surface area contributed by atoms with Gasteiger partial charge in [-0.05, 0) is 23.8 Å². The van der Waals surface area contributed by atoms with E-state index in [-0.39, 0.29) is 0 Å². The number of benzene rings is 1. The lowest BCUT2D eigenvalue weighted by molar-refractivity contribution is 0.559. The fourth-order valence-electron chi connectivity index (χ4n) is 1.05. The van der Waals surface area contributed by atoms with Crippen LogP contribution in [0.2, 0.25) is 0 Å². The van der Waals surface area contributed by atoms with Gasteiger partial charge in [0, 0.05) is 11.3 Å². The Labute approximate surface area is 70.6 Å². The minimum Gasteiger partial charge on any atom is -0.460 e. The van der Waals surface area contributed by atoms with Gasteiger partial charge in [0.15, 0.2) is 6.26 Å². The molecule has 0 spiro atoms. The number of rotatable bonds is 1. The van der Waals surface area contributed by atoms with Gasteiger partial charge in [0.2, 0.25) is 0 Å². The third kappa shape index (κ3) is 1.19.